The molecule has 0 saturated heterocycles. The molecule has 0 spiro atoms. The van der Waals surface area contributed by atoms with Gasteiger partial charge in [0, 0.05) is 18.8 Å². The fraction of sp³-hybridized carbons (Fsp3) is 0.250. The van der Waals surface area contributed by atoms with Gasteiger partial charge in [-0.05, 0) is 16.7 Å². The van der Waals surface area contributed by atoms with Crippen molar-refractivity contribution in [3.8, 4) is 0 Å². The molecule has 0 heterocycles. The summed E-state index contributed by atoms with van der Waals surface area (Å²) in [6.45, 7) is 0.398. The molecule has 0 amide bonds. The average molecular weight is 416 g/mol. The van der Waals surface area contributed by atoms with Crippen LogP contribution in [0.5, 0.6) is 0 Å². The molecule has 152 valence electrons. The van der Waals surface area contributed by atoms with E-state index in [2.05, 4.69) is 29.6 Å². The molecule has 1 N–H and O–H groups in total. The van der Waals surface area contributed by atoms with E-state index in [9.17, 15) is 13.2 Å². The van der Waals surface area contributed by atoms with Gasteiger partial charge in [-0.1, -0.05) is 91.0 Å². The minimum Gasteiger partial charge on any atom is -0.315 e. The summed E-state index contributed by atoms with van der Waals surface area (Å²) in [5, 5.41) is 3.17. The minimum absolute atomic E-state index is 0.116. The van der Waals surface area contributed by atoms with Crippen LogP contribution in [0.3, 0.4) is 0 Å². The van der Waals surface area contributed by atoms with E-state index in [4.69, 9.17) is 0 Å². The number of thioether (sulfide) groups is 1. The quantitative estimate of drug-likeness (QED) is 0.403. The summed E-state index contributed by atoms with van der Waals surface area (Å²) in [4.78, 5) is 0. The monoisotopic (exact) mass is 415 g/mol. The van der Waals surface area contributed by atoms with E-state index in [1.165, 1.54) is 23.3 Å². The molecule has 1 nitrogen and oxygen atoms in total. The zero-order chi connectivity index (χ0) is 20.5. The first-order chi connectivity index (χ1) is 14.1. The van der Waals surface area contributed by atoms with Crippen molar-refractivity contribution in [1.82, 2.24) is 5.32 Å². The van der Waals surface area contributed by atoms with E-state index >= 15 is 0 Å². The van der Waals surface area contributed by atoms with Crippen LogP contribution in [0.15, 0.2) is 91.0 Å². The van der Waals surface area contributed by atoms with Crippen LogP contribution in [0.1, 0.15) is 27.9 Å². The third-order valence-electron chi connectivity index (χ3n) is 4.71. The summed E-state index contributed by atoms with van der Waals surface area (Å²) < 4.78 is 40.3. The maximum atomic E-state index is 13.4. The predicted octanol–water partition coefficient (Wildman–Crippen LogP) is 6.44. The molecule has 0 bridgehead atoms. The molecule has 3 aromatic carbocycles. The summed E-state index contributed by atoms with van der Waals surface area (Å²) >= 11 is 1.74. The van der Waals surface area contributed by atoms with Gasteiger partial charge in [-0.25, -0.2) is 0 Å². The van der Waals surface area contributed by atoms with Crippen molar-refractivity contribution >= 4 is 11.8 Å². The van der Waals surface area contributed by atoms with Gasteiger partial charge >= 0.3 is 6.18 Å². The Hall–Kier alpha value is -2.24. The molecule has 3 rings (SSSR count). The number of nitrogens with one attached hydrogen (secondary N) is 1. The largest absolute Gasteiger partial charge is 0.396 e. The van der Waals surface area contributed by atoms with Crippen molar-refractivity contribution in [2.24, 2.45) is 0 Å². The van der Waals surface area contributed by atoms with Crippen LogP contribution in [-0.2, 0) is 0 Å². The van der Waals surface area contributed by atoms with Gasteiger partial charge in [-0.3, -0.25) is 0 Å². The summed E-state index contributed by atoms with van der Waals surface area (Å²) in [6.07, 6.45) is -4.27. The maximum absolute atomic E-state index is 13.4. The van der Waals surface area contributed by atoms with E-state index in [0.717, 1.165) is 0 Å². The van der Waals surface area contributed by atoms with Crippen LogP contribution in [0, 0.1) is 0 Å². The Balaban J connectivity index is 1.57. The van der Waals surface area contributed by atoms with Crippen molar-refractivity contribution in [2.75, 3.05) is 18.8 Å². The molecule has 1 atom stereocenters. The molecule has 0 radical (unpaired) electrons. The van der Waals surface area contributed by atoms with Crippen molar-refractivity contribution in [1.29, 1.82) is 0 Å². The first-order valence-corrected chi connectivity index (χ1v) is 10.6. The minimum atomic E-state index is -4.27. The first kappa shape index (κ1) is 21.5. The molecule has 0 fully saturated rings. The van der Waals surface area contributed by atoms with E-state index in [0.29, 0.717) is 17.9 Å². The molecule has 0 aliphatic carbocycles. The predicted molar refractivity (Wildman–Crippen MR) is 115 cm³/mol. The highest BCUT2D eigenvalue weighted by Gasteiger charge is 2.40. The van der Waals surface area contributed by atoms with Crippen LogP contribution in [0.4, 0.5) is 13.2 Å². The zero-order valence-corrected chi connectivity index (χ0v) is 16.8. The lowest BCUT2D eigenvalue weighted by Gasteiger charge is -2.22. The second kappa shape index (κ2) is 10.5. The van der Waals surface area contributed by atoms with Gasteiger partial charge in [0.25, 0.3) is 0 Å². The number of alkyl halides is 3. The highest BCUT2D eigenvalue weighted by Crippen LogP contribution is 2.36. The second-order valence-electron chi connectivity index (χ2n) is 6.78. The van der Waals surface area contributed by atoms with Gasteiger partial charge in [0.2, 0.25) is 0 Å². The fourth-order valence-corrected chi connectivity index (χ4v) is 4.44. The molecule has 5 heteroatoms. The van der Waals surface area contributed by atoms with Gasteiger partial charge in [-0.2, -0.15) is 13.2 Å². The molecular formula is C24H24F3NS. The van der Waals surface area contributed by atoms with Gasteiger partial charge < -0.3 is 5.32 Å². The lowest BCUT2D eigenvalue weighted by Crippen LogP contribution is -2.32. The standard InChI is InChI=1S/C24H24F3NS/c25-24(26,27)22(19-10-4-1-5-11-19)18-28-16-17-29-23(20-12-6-2-7-13-20)21-14-8-3-9-15-21/h1-15,22-23,28H,16-18H2. The van der Waals surface area contributed by atoms with E-state index in [1.807, 2.05) is 36.4 Å². The van der Waals surface area contributed by atoms with Crippen LogP contribution in [0.25, 0.3) is 0 Å². The Morgan fingerprint density at radius 1 is 0.690 bits per heavy atom. The van der Waals surface area contributed by atoms with Crippen LogP contribution >= 0.6 is 11.8 Å². The molecule has 0 aliphatic rings. The molecule has 0 saturated carbocycles. The molecule has 1 unspecified atom stereocenters. The highest BCUT2D eigenvalue weighted by atomic mass is 32.2. The smallest absolute Gasteiger partial charge is 0.315 e. The van der Waals surface area contributed by atoms with Gasteiger partial charge in [0.15, 0.2) is 0 Å². The highest BCUT2D eigenvalue weighted by molar-refractivity contribution is 7.99. The molecule has 0 aliphatic heterocycles. The van der Waals surface area contributed by atoms with Crippen LogP contribution in [-0.4, -0.2) is 25.0 Å². The molecule has 29 heavy (non-hydrogen) atoms. The first-order valence-electron chi connectivity index (χ1n) is 9.59. The van der Waals surface area contributed by atoms with E-state index < -0.39 is 12.1 Å². The third kappa shape index (κ3) is 6.38. The summed E-state index contributed by atoms with van der Waals surface area (Å²) in [5.41, 5.74) is 2.69. The Labute approximate surface area is 174 Å². The van der Waals surface area contributed by atoms with Crippen molar-refractivity contribution in [3.05, 3.63) is 108 Å². The summed E-state index contributed by atoms with van der Waals surface area (Å²) in [6, 6.07) is 28.5. The van der Waals surface area contributed by atoms with E-state index in [1.54, 1.807) is 30.0 Å². The normalized spacial score (nSPS) is 12.8. The topological polar surface area (TPSA) is 12.0 Å². The second-order valence-corrected chi connectivity index (χ2v) is 7.99. The van der Waals surface area contributed by atoms with Crippen molar-refractivity contribution in [3.63, 3.8) is 0 Å². The summed E-state index contributed by atoms with van der Waals surface area (Å²) in [7, 11) is 0. The lowest BCUT2D eigenvalue weighted by molar-refractivity contribution is -0.149. The SMILES string of the molecule is FC(F)(F)C(CNCCSC(c1ccccc1)c1ccccc1)c1ccccc1. The third-order valence-corrected chi connectivity index (χ3v) is 6.03. The van der Waals surface area contributed by atoms with E-state index in [-0.39, 0.29) is 11.8 Å². The summed E-state index contributed by atoms with van der Waals surface area (Å²) in [5.74, 6) is -0.777. The van der Waals surface area contributed by atoms with Crippen molar-refractivity contribution < 1.29 is 13.2 Å². The molecule has 0 aromatic heterocycles. The lowest BCUT2D eigenvalue weighted by atomic mass is 9.98. The number of halogens is 3. The molecular weight excluding hydrogens is 391 g/mol. The number of rotatable bonds is 9. The van der Waals surface area contributed by atoms with Gasteiger partial charge in [0.1, 0.15) is 0 Å². The Morgan fingerprint density at radius 3 is 1.59 bits per heavy atom. The zero-order valence-electron chi connectivity index (χ0n) is 16.0. The van der Waals surface area contributed by atoms with Crippen molar-refractivity contribution in [2.45, 2.75) is 17.3 Å². The van der Waals surface area contributed by atoms with Crippen LogP contribution in [0.2, 0.25) is 0 Å². The fourth-order valence-electron chi connectivity index (χ4n) is 3.24. The number of hydrogen-bond acceptors (Lipinski definition) is 2. The Bertz CT molecular complexity index is 799. The average Bonchev–Trinajstić information content (AvgIpc) is 2.74. The Kier molecular flexibility index (Phi) is 7.78. The number of hydrogen-bond donors (Lipinski definition) is 1. The molecule has 3 aromatic rings. The van der Waals surface area contributed by atoms with Crippen LogP contribution < -0.4 is 5.32 Å². The van der Waals surface area contributed by atoms with Gasteiger partial charge in [0.05, 0.1) is 11.2 Å². The van der Waals surface area contributed by atoms with Gasteiger partial charge in [-0.15, -0.1) is 11.8 Å². The maximum Gasteiger partial charge on any atom is 0.396 e. The number of benzene rings is 3. The Morgan fingerprint density at radius 2 is 1.14 bits per heavy atom.